The Balaban J connectivity index is 1.92. The second-order valence-corrected chi connectivity index (χ2v) is 7.28. The number of alkyl halides is 2. The molecular formula is C16H28Cl2O. The van der Waals surface area contributed by atoms with Gasteiger partial charge in [0.05, 0.1) is 11.7 Å². The Hall–Kier alpha value is 0.540. The Labute approximate surface area is 128 Å². The molecule has 1 nitrogen and oxygen atoms in total. The predicted octanol–water partition coefficient (Wildman–Crippen LogP) is 5.52. The first-order valence-corrected chi connectivity index (χ1v) is 9.04. The van der Waals surface area contributed by atoms with E-state index in [-0.39, 0.29) is 11.0 Å². The van der Waals surface area contributed by atoms with E-state index >= 15 is 0 Å². The second kappa shape index (κ2) is 7.00. The van der Waals surface area contributed by atoms with Gasteiger partial charge in [0.15, 0.2) is 0 Å². The lowest BCUT2D eigenvalue weighted by Gasteiger charge is -2.36. The normalized spacial score (nSPS) is 27.0. The van der Waals surface area contributed by atoms with Gasteiger partial charge in [0.1, 0.15) is 0 Å². The quantitative estimate of drug-likeness (QED) is 0.587. The third-order valence-corrected chi connectivity index (χ3v) is 6.25. The summed E-state index contributed by atoms with van der Waals surface area (Å²) in [5.74, 6) is 1.33. The van der Waals surface area contributed by atoms with E-state index < -0.39 is 0 Å². The monoisotopic (exact) mass is 306 g/mol. The molecule has 0 bridgehead atoms. The van der Waals surface area contributed by atoms with Crippen LogP contribution in [0.5, 0.6) is 0 Å². The lowest BCUT2D eigenvalue weighted by atomic mass is 9.80. The van der Waals surface area contributed by atoms with Crippen LogP contribution in [0.25, 0.3) is 0 Å². The van der Waals surface area contributed by atoms with Crippen molar-refractivity contribution in [1.82, 2.24) is 0 Å². The van der Waals surface area contributed by atoms with Crippen molar-refractivity contribution >= 4 is 23.2 Å². The molecule has 0 N–H and O–H groups in total. The van der Waals surface area contributed by atoms with Crippen LogP contribution in [0.4, 0.5) is 0 Å². The van der Waals surface area contributed by atoms with E-state index in [1.165, 1.54) is 44.9 Å². The van der Waals surface area contributed by atoms with Crippen LogP contribution in [0, 0.1) is 5.41 Å². The maximum atomic E-state index is 6.48. The fourth-order valence-corrected chi connectivity index (χ4v) is 4.77. The van der Waals surface area contributed by atoms with Crippen LogP contribution < -0.4 is 0 Å². The van der Waals surface area contributed by atoms with Gasteiger partial charge in [0.25, 0.3) is 0 Å². The highest BCUT2D eigenvalue weighted by molar-refractivity contribution is 6.21. The molecule has 112 valence electrons. The summed E-state index contributed by atoms with van der Waals surface area (Å²) in [6, 6.07) is 0. The molecule has 1 aliphatic heterocycles. The molecule has 0 amide bonds. The molecule has 1 saturated carbocycles. The Morgan fingerprint density at radius 1 is 1.11 bits per heavy atom. The molecule has 0 aromatic rings. The summed E-state index contributed by atoms with van der Waals surface area (Å²) in [6.45, 7) is 2.21. The zero-order valence-corrected chi connectivity index (χ0v) is 13.7. The number of ether oxygens (including phenoxy) is 1. The van der Waals surface area contributed by atoms with Crippen LogP contribution in [0.15, 0.2) is 0 Å². The van der Waals surface area contributed by atoms with Gasteiger partial charge in [-0.1, -0.05) is 32.6 Å². The van der Waals surface area contributed by atoms with Crippen molar-refractivity contribution in [3.8, 4) is 0 Å². The van der Waals surface area contributed by atoms with Crippen molar-refractivity contribution < 1.29 is 4.74 Å². The third-order valence-electron chi connectivity index (χ3n) is 5.11. The summed E-state index contributed by atoms with van der Waals surface area (Å²) >= 11 is 12.4. The van der Waals surface area contributed by atoms with Crippen molar-refractivity contribution in [3.05, 3.63) is 0 Å². The first-order chi connectivity index (χ1) is 9.17. The van der Waals surface area contributed by atoms with E-state index in [1.807, 2.05) is 0 Å². The van der Waals surface area contributed by atoms with Gasteiger partial charge in [-0.3, -0.25) is 0 Å². The maximum absolute atomic E-state index is 6.48. The van der Waals surface area contributed by atoms with E-state index in [9.17, 15) is 0 Å². The maximum Gasteiger partial charge on any atom is 0.0687 e. The van der Waals surface area contributed by atoms with Crippen LogP contribution in [0.3, 0.4) is 0 Å². The topological polar surface area (TPSA) is 9.23 Å². The van der Waals surface area contributed by atoms with Gasteiger partial charge in [0, 0.05) is 11.8 Å². The van der Waals surface area contributed by atoms with Crippen molar-refractivity contribution in [3.63, 3.8) is 0 Å². The van der Waals surface area contributed by atoms with Crippen LogP contribution in [-0.4, -0.2) is 23.5 Å². The molecule has 1 aliphatic carbocycles. The average Bonchev–Trinajstić information content (AvgIpc) is 2.81. The Morgan fingerprint density at radius 2 is 1.79 bits per heavy atom. The minimum Gasteiger partial charge on any atom is -0.372 e. The summed E-state index contributed by atoms with van der Waals surface area (Å²) in [7, 11) is 0. The van der Waals surface area contributed by atoms with E-state index in [0.717, 1.165) is 19.3 Å². The molecule has 2 rings (SSSR count). The van der Waals surface area contributed by atoms with Crippen molar-refractivity contribution in [2.24, 2.45) is 5.41 Å². The number of halogens is 2. The molecule has 19 heavy (non-hydrogen) atoms. The SMILES string of the molecule is CCCC(CCl)(CCl)CC1CCC2(CCCCC2)O1. The second-order valence-electron chi connectivity index (χ2n) is 6.74. The van der Waals surface area contributed by atoms with Crippen LogP contribution in [0.2, 0.25) is 0 Å². The van der Waals surface area contributed by atoms with E-state index in [2.05, 4.69) is 6.92 Å². The van der Waals surface area contributed by atoms with Crippen molar-refractivity contribution in [2.75, 3.05) is 11.8 Å². The molecule has 0 aromatic heterocycles. The van der Waals surface area contributed by atoms with E-state index in [1.54, 1.807) is 0 Å². The highest BCUT2D eigenvalue weighted by Crippen LogP contribution is 2.45. The Bertz CT molecular complexity index is 270. The molecule has 2 fully saturated rings. The third kappa shape index (κ3) is 3.80. The fourth-order valence-electron chi connectivity index (χ4n) is 4.00. The van der Waals surface area contributed by atoms with Crippen LogP contribution in [0.1, 0.15) is 71.1 Å². The summed E-state index contributed by atoms with van der Waals surface area (Å²) in [5, 5.41) is 0. The van der Waals surface area contributed by atoms with Gasteiger partial charge in [-0.2, -0.15) is 0 Å². The van der Waals surface area contributed by atoms with Gasteiger partial charge in [-0.25, -0.2) is 0 Å². The molecule has 0 aromatic carbocycles. The highest BCUT2D eigenvalue weighted by Gasteiger charge is 2.43. The summed E-state index contributed by atoms with van der Waals surface area (Å²) < 4.78 is 6.48. The van der Waals surface area contributed by atoms with Gasteiger partial charge in [-0.05, 0) is 43.9 Å². The minimum absolute atomic E-state index is 0.0860. The molecular weight excluding hydrogens is 279 g/mol. The van der Waals surface area contributed by atoms with Gasteiger partial charge in [0.2, 0.25) is 0 Å². The molecule has 1 unspecified atom stereocenters. The number of hydrogen-bond donors (Lipinski definition) is 0. The van der Waals surface area contributed by atoms with Gasteiger partial charge >= 0.3 is 0 Å². The highest BCUT2D eigenvalue weighted by atomic mass is 35.5. The molecule has 1 heterocycles. The Kier molecular flexibility index (Phi) is 5.87. The largest absolute Gasteiger partial charge is 0.372 e. The summed E-state index contributed by atoms with van der Waals surface area (Å²) in [5.41, 5.74) is 0.308. The smallest absolute Gasteiger partial charge is 0.0687 e. The number of hydrogen-bond acceptors (Lipinski definition) is 1. The van der Waals surface area contributed by atoms with Gasteiger partial charge < -0.3 is 4.74 Å². The van der Waals surface area contributed by atoms with Crippen LogP contribution >= 0.6 is 23.2 Å². The zero-order valence-electron chi connectivity index (χ0n) is 12.2. The summed E-state index contributed by atoms with van der Waals surface area (Å²) in [4.78, 5) is 0. The van der Waals surface area contributed by atoms with Gasteiger partial charge in [-0.15, -0.1) is 23.2 Å². The van der Waals surface area contributed by atoms with Crippen molar-refractivity contribution in [2.45, 2.75) is 82.8 Å². The fraction of sp³-hybridized carbons (Fsp3) is 1.00. The van der Waals surface area contributed by atoms with E-state index in [0.29, 0.717) is 17.9 Å². The molecule has 0 radical (unpaired) electrons. The predicted molar refractivity (Wildman–Crippen MR) is 83.3 cm³/mol. The standard InChI is InChI=1S/C16H28Cl2O/c1-2-7-15(12-17,13-18)11-14-6-10-16(19-14)8-4-3-5-9-16/h14H,2-13H2,1H3. The molecule has 1 spiro atoms. The van der Waals surface area contributed by atoms with Crippen LogP contribution in [-0.2, 0) is 4.74 Å². The lowest BCUT2D eigenvalue weighted by molar-refractivity contribution is -0.0746. The zero-order chi connectivity index (χ0) is 13.8. The minimum atomic E-state index is 0.0860. The van der Waals surface area contributed by atoms with Crippen molar-refractivity contribution in [1.29, 1.82) is 0 Å². The Morgan fingerprint density at radius 3 is 2.37 bits per heavy atom. The van der Waals surface area contributed by atoms with E-state index in [4.69, 9.17) is 27.9 Å². The summed E-state index contributed by atoms with van der Waals surface area (Å²) in [6.07, 6.45) is 12.8. The molecule has 2 aliphatic rings. The lowest BCUT2D eigenvalue weighted by Crippen LogP contribution is -2.35. The molecule has 1 saturated heterocycles. The first-order valence-electron chi connectivity index (χ1n) is 7.97. The first kappa shape index (κ1) is 15.9. The molecule has 3 heteroatoms. The average molecular weight is 307 g/mol. The molecule has 1 atom stereocenters. The number of rotatable bonds is 6.